The number of anilines is 2. The molecular weight excluding hydrogens is 463 g/mol. The Morgan fingerprint density at radius 3 is 2.35 bits per heavy atom. The monoisotopic (exact) mass is 480 g/mol. The molecule has 0 spiro atoms. The Morgan fingerprint density at radius 2 is 1.71 bits per heavy atom. The van der Waals surface area contributed by atoms with Crippen LogP contribution in [0, 0.1) is 0 Å². The molecule has 0 heterocycles. The van der Waals surface area contributed by atoms with Crippen LogP contribution in [0.3, 0.4) is 0 Å². The molecule has 2 N–H and O–H groups in total. The van der Waals surface area contributed by atoms with Gasteiger partial charge in [0.25, 0.3) is 15.9 Å². The molecule has 0 aliphatic rings. The van der Waals surface area contributed by atoms with Gasteiger partial charge in [-0.2, -0.15) is 0 Å². The zero-order chi connectivity index (χ0) is 22.4. The number of carbonyl (C=O) groups excluding carboxylic acids is 1. The molecule has 0 fully saturated rings. The summed E-state index contributed by atoms with van der Waals surface area (Å²) in [7, 11) is -2.35. The average Bonchev–Trinajstić information content (AvgIpc) is 2.73. The Bertz CT molecular complexity index is 1180. The van der Waals surface area contributed by atoms with Gasteiger partial charge in [-0.05, 0) is 60.7 Å². The molecule has 31 heavy (non-hydrogen) atoms. The lowest BCUT2D eigenvalue weighted by Gasteiger charge is -2.12. The van der Waals surface area contributed by atoms with Gasteiger partial charge in [0.15, 0.2) is 6.61 Å². The number of carbonyl (C=O) groups is 1. The lowest BCUT2D eigenvalue weighted by atomic mass is 10.3. The standard InChI is InChI=1S/C21H18Cl2N2O5S/c1-29-17-7-5-15(6-8-17)25-31(27,28)18-9-10-20(19(23)12-18)30-13-21(26)24-16-4-2-3-14(22)11-16/h2-12,25H,13H2,1H3,(H,24,26). The van der Waals surface area contributed by atoms with Crippen LogP contribution in [0.1, 0.15) is 0 Å². The van der Waals surface area contributed by atoms with Crippen LogP contribution in [0.25, 0.3) is 0 Å². The normalized spacial score (nSPS) is 10.9. The van der Waals surface area contributed by atoms with Crippen molar-refractivity contribution in [1.29, 1.82) is 0 Å². The summed E-state index contributed by atoms with van der Waals surface area (Å²) in [4.78, 5) is 12.0. The first kappa shape index (κ1) is 22.7. The summed E-state index contributed by atoms with van der Waals surface area (Å²) < 4.78 is 38.1. The van der Waals surface area contributed by atoms with E-state index in [2.05, 4.69) is 10.0 Å². The fraction of sp³-hybridized carbons (Fsp3) is 0.0952. The van der Waals surface area contributed by atoms with Gasteiger partial charge in [0.2, 0.25) is 0 Å². The van der Waals surface area contributed by atoms with Crippen molar-refractivity contribution >= 4 is 50.5 Å². The van der Waals surface area contributed by atoms with Gasteiger partial charge in [-0.25, -0.2) is 8.42 Å². The number of ether oxygens (including phenoxy) is 2. The van der Waals surface area contributed by atoms with Crippen molar-refractivity contribution < 1.29 is 22.7 Å². The van der Waals surface area contributed by atoms with E-state index in [0.717, 1.165) is 0 Å². The van der Waals surface area contributed by atoms with E-state index in [4.69, 9.17) is 32.7 Å². The number of rotatable bonds is 8. The molecular formula is C21H18Cl2N2O5S. The second-order valence-corrected chi connectivity index (χ2v) is 8.80. The molecule has 162 valence electrons. The predicted molar refractivity (Wildman–Crippen MR) is 121 cm³/mol. The molecule has 0 unspecified atom stereocenters. The summed E-state index contributed by atoms with van der Waals surface area (Å²) >= 11 is 12.0. The molecule has 0 saturated heterocycles. The zero-order valence-electron chi connectivity index (χ0n) is 16.3. The average molecular weight is 481 g/mol. The minimum Gasteiger partial charge on any atom is -0.497 e. The first-order valence-corrected chi connectivity index (χ1v) is 11.2. The largest absolute Gasteiger partial charge is 0.497 e. The third-order valence-electron chi connectivity index (χ3n) is 4.02. The van der Waals surface area contributed by atoms with E-state index in [1.807, 2.05) is 0 Å². The summed E-state index contributed by atoms with van der Waals surface area (Å²) in [5, 5.41) is 3.17. The van der Waals surface area contributed by atoms with Gasteiger partial charge >= 0.3 is 0 Å². The van der Waals surface area contributed by atoms with Crippen LogP contribution >= 0.6 is 23.2 Å². The maximum Gasteiger partial charge on any atom is 0.262 e. The quantitative estimate of drug-likeness (QED) is 0.481. The fourth-order valence-electron chi connectivity index (χ4n) is 2.55. The molecule has 10 heteroatoms. The molecule has 0 saturated carbocycles. The van der Waals surface area contributed by atoms with Crippen LogP contribution in [0.5, 0.6) is 11.5 Å². The number of amides is 1. The zero-order valence-corrected chi connectivity index (χ0v) is 18.6. The highest BCUT2D eigenvalue weighted by atomic mass is 35.5. The van der Waals surface area contributed by atoms with E-state index in [0.29, 0.717) is 22.1 Å². The van der Waals surface area contributed by atoms with Crippen LogP contribution in [-0.2, 0) is 14.8 Å². The van der Waals surface area contributed by atoms with Crippen molar-refractivity contribution in [2.24, 2.45) is 0 Å². The van der Waals surface area contributed by atoms with Crippen molar-refractivity contribution in [2.75, 3.05) is 23.8 Å². The lowest BCUT2D eigenvalue weighted by Crippen LogP contribution is -2.20. The maximum absolute atomic E-state index is 12.6. The molecule has 3 rings (SSSR count). The number of methoxy groups -OCH3 is 1. The summed E-state index contributed by atoms with van der Waals surface area (Å²) in [5.41, 5.74) is 0.896. The fourth-order valence-corrected chi connectivity index (χ4v) is 4.12. The van der Waals surface area contributed by atoms with Gasteiger partial charge in [-0.15, -0.1) is 0 Å². The first-order chi connectivity index (χ1) is 14.8. The Kier molecular flexibility index (Phi) is 7.27. The Morgan fingerprint density at radius 1 is 0.968 bits per heavy atom. The van der Waals surface area contributed by atoms with Crippen molar-refractivity contribution in [2.45, 2.75) is 4.90 Å². The first-order valence-electron chi connectivity index (χ1n) is 8.91. The topological polar surface area (TPSA) is 93.7 Å². The number of sulfonamides is 1. The third-order valence-corrected chi connectivity index (χ3v) is 5.93. The molecule has 3 aromatic rings. The summed E-state index contributed by atoms with van der Waals surface area (Å²) in [6, 6.07) is 17.1. The second-order valence-electron chi connectivity index (χ2n) is 6.27. The number of nitrogens with one attached hydrogen (secondary N) is 2. The van der Waals surface area contributed by atoms with E-state index in [9.17, 15) is 13.2 Å². The smallest absolute Gasteiger partial charge is 0.262 e. The van der Waals surface area contributed by atoms with E-state index in [1.54, 1.807) is 48.5 Å². The van der Waals surface area contributed by atoms with Crippen molar-refractivity contribution in [3.63, 3.8) is 0 Å². The van der Waals surface area contributed by atoms with Gasteiger partial charge in [-0.1, -0.05) is 29.3 Å². The highest BCUT2D eigenvalue weighted by Gasteiger charge is 2.17. The van der Waals surface area contributed by atoms with Crippen LogP contribution < -0.4 is 19.5 Å². The maximum atomic E-state index is 12.6. The van der Waals surface area contributed by atoms with Gasteiger partial charge in [0.1, 0.15) is 11.5 Å². The molecule has 0 bridgehead atoms. The number of benzene rings is 3. The minimum atomic E-state index is -3.87. The van der Waals surface area contributed by atoms with Crippen molar-refractivity contribution in [1.82, 2.24) is 0 Å². The van der Waals surface area contributed by atoms with Crippen molar-refractivity contribution in [3.8, 4) is 11.5 Å². The lowest BCUT2D eigenvalue weighted by molar-refractivity contribution is -0.118. The Balaban J connectivity index is 1.63. The molecule has 3 aromatic carbocycles. The SMILES string of the molecule is COc1ccc(NS(=O)(=O)c2ccc(OCC(=O)Nc3cccc(Cl)c3)c(Cl)c2)cc1. The molecule has 0 aromatic heterocycles. The summed E-state index contributed by atoms with van der Waals surface area (Å²) in [5.74, 6) is 0.356. The van der Waals surface area contributed by atoms with Crippen molar-refractivity contribution in [3.05, 3.63) is 76.8 Å². The molecule has 0 aliphatic carbocycles. The number of hydrogen-bond acceptors (Lipinski definition) is 5. The van der Waals surface area contributed by atoms with Gasteiger partial charge in [-0.3, -0.25) is 9.52 Å². The van der Waals surface area contributed by atoms with Crippen LogP contribution in [0.4, 0.5) is 11.4 Å². The van der Waals surface area contributed by atoms with Crippen LogP contribution in [0.2, 0.25) is 10.0 Å². The van der Waals surface area contributed by atoms with Gasteiger partial charge < -0.3 is 14.8 Å². The molecule has 7 nitrogen and oxygen atoms in total. The molecule has 0 radical (unpaired) electrons. The summed E-state index contributed by atoms with van der Waals surface area (Å²) in [6.07, 6.45) is 0. The molecule has 1 amide bonds. The van der Waals surface area contributed by atoms with E-state index >= 15 is 0 Å². The molecule has 0 atom stereocenters. The predicted octanol–water partition coefficient (Wildman–Crippen LogP) is 4.82. The van der Waals surface area contributed by atoms with E-state index < -0.39 is 15.9 Å². The minimum absolute atomic E-state index is 0.0492. The Labute approximate surface area is 189 Å². The highest BCUT2D eigenvalue weighted by molar-refractivity contribution is 7.92. The van der Waals surface area contributed by atoms with E-state index in [1.165, 1.54) is 25.3 Å². The van der Waals surface area contributed by atoms with Crippen LogP contribution in [-0.4, -0.2) is 28.0 Å². The number of hydrogen-bond donors (Lipinski definition) is 2. The van der Waals surface area contributed by atoms with Gasteiger partial charge in [0.05, 0.1) is 17.0 Å². The molecule has 0 aliphatic heterocycles. The highest BCUT2D eigenvalue weighted by Crippen LogP contribution is 2.28. The summed E-state index contributed by atoms with van der Waals surface area (Å²) in [6.45, 7) is -0.317. The van der Waals surface area contributed by atoms with Gasteiger partial charge in [0, 0.05) is 16.4 Å². The third kappa shape index (κ3) is 6.27. The second kappa shape index (κ2) is 9.91. The van der Waals surface area contributed by atoms with Crippen LogP contribution in [0.15, 0.2) is 71.6 Å². The number of halogens is 2. The Hall–Kier alpha value is -2.94. The van der Waals surface area contributed by atoms with E-state index in [-0.39, 0.29) is 22.3 Å².